The molecule has 1 fully saturated rings. The first kappa shape index (κ1) is 18.7. The normalized spacial score (nSPS) is 17.6. The molecule has 1 unspecified atom stereocenters. The van der Waals surface area contributed by atoms with Crippen molar-refractivity contribution in [1.82, 2.24) is 9.80 Å². The van der Waals surface area contributed by atoms with Crippen molar-refractivity contribution in [1.29, 1.82) is 0 Å². The largest absolute Gasteiger partial charge is 0.454 e. The van der Waals surface area contributed by atoms with Gasteiger partial charge in [0.1, 0.15) is 5.82 Å². The third kappa shape index (κ3) is 4.28. The van der Waals surface area contributed by atoms with Crippen LogP contribution in [0.1, 0.15) is 30.4 Å². The Labute approximate surface area is 164 Å². The Balaban J connectivity index is 1.26. The number of fused-ring (bicyclic) bond motifs is 1. The molecule has 4 rings (SSSR count). The number of hydrogen-bond donors (Lipinski definition) is 0. The van der Waals surface area contributed by atoms with Gasteiger partial charge < -0.3 is 14.4 Å². The van der Waals surface area contributed by atoms with Crippen molar-refractivity contribution in [2.45, 2.75) is 25.8 Å². The van der Waals surface area contributed by atoms with E-state index < -0.39 is 0 Å². The highest BCUT2D eigenvalue weighted by molar-refractivity contribution is 5.77. The van der Waals surface area contributed by atoms with E-state index in [2.05, 4.69) is 11.0 Å². The second-order valence-corrected chi connectivity index (χ2v) is 7.50. The van der Waals surface area contributed by atoms with Gasteiger partial charge in [0.2, 0.25) is 12.7 Å². The number of benzene rings is 2. The van der Waals surface area contributed by atoms with Crippen LogP contribution in [0, 0.1) is 5.82 Å². The molecule has 0 aromatic heterocycles. The van der Waals surface area contributed by atoms with E-state index in [1.54, 1.807) is 12.1 Å². The van der Waals surface area contributed by atoms with Crippen molar-refractivity contribution in [2.75, 3.05) is 33.0 Å². The zero-order chi connectivity index (χ0) is 19.5. The topological polar surface area (TPSA) is 42.0 Å². The number of nitrogens with zero attached hydrogens (tertiary/aromatic N) is 2. The van der Waals surface area contributed by atoms with Crippen LogP contribution in [-0.2, 0) is 11.3 Å². The summed E-state index contributed by atoms with van der Waals surface area (Å²) in [6.07, 6.45) is 0.452. The number of hydrogen-bond acceptors (Lipinski definition) is 4. The molecule has 0 aliphatic carbocycles. The fraction of sp³-hybridized carbons (Fsp3) is 0.409. The first-order valence-corrected chi connectivity index (χ1v) is 9.72. The molecular formula is C22H25FN2O3. The van der Waals surface area contributed by atoms with Gasteiger partial charge in [-0.25, -0.2) is 4.39 Å². The standard InChI is InChI=1S/C22H25FN2O3/c1-16(18-3-5-19(23)6-4-18)12-22(26)25-10-8-24(9-11-25)14-17-2-7-20-21(13-17)28-15-27-20/h2-7,13,16H,8-12,14-15H2,1H3. The van der Waals surface area contributed by atoms with Crippen LogP contribution in [0.15, 0.2) is 42.5 Å². The van der Waals surface area contributed by atoms with Gasteiger partial charge in [0.25, 0.3) is 0 Å². The lowest BCUT2D eigenvalue weighted by Crippen LogP contribution is -2.48. The number of amides is 1. The average molecular weight is 384 g/mol. The predicted molar refractivity (Wildman–Crippen MR) is 104 cm³/mol. The SMILES string of the molecule is CC(CC(=O)N1CCN(Cc2ccc3c(c2)OCO3)CC1)c1ccc(F)cc1. The summed E-state index contributed by atoms with van der Waals surface area (Å²) in [5.74, 6) is 1.61. The van der Waals surface area contributed by atoms with Crippen molar-refractivity contribution in [2.24, 2.45) is 0 Å². The van der Waals surface area contributed by atoms with E-state index in [9.17, 15) is 9.18 Å². The number of carbonyl (C=O) groups excluding carboxylic acids is 1. The van der Waals surface area contributed by atoms with Gasteiger partial charge in [-0.2, -0.15) is 0 Å². The highest BCUT2D eigenvalue weighted by Gasteiger charge is 2.23. The first-order valence-electron chi connectivity index (χ1n) is 9.72. The number of carbonyl (C=O) groups is 1. The third-order valence-electron chi connectivity index (χ3n) is 5.49. The molecule has 2 aromatic rings. The number of piperazine rings is 1. The lowest BCUT2D eigenvalue weighted by Gasteiger charge is -2.35. The van der Waals surface area contributed by atoms with Crippen LogP contribution < -0.4 is 9.47 Å². The van der Waals surface area contributed by atoms with Gasteiger partial charge in [-0.15, -0.1) is 0 Å². The summed E-state index contributed by atoms with van der Waals surface area (Å²) < 4.78 is 23.9. The Hall–Kier alpha value is -2.60. The van der Waals surface area contributed by atoms with Crippen molar-refractivity contribution >= 4 is 5.91 Å². The Kier molecular flexibility index (Phi) is 5.48. The quantitative estimate of drug-likeness (QED) is 0.793. The minimum absolute atomic E-state index is 0.0831. The maximum absolute atomic E-state index is 13.1. The molecule has 148 valence electrons. The molecule has 0 spiro atoms. The highest BCUT2D eigenvalue weighted by Crippen LogP contribution is 2.32. The molecule has 1 amide bonds. The van der Waals surface area contributed by atoms with Crippen LogP contribution in [0.4, 0.5) is 4.39 Å². The van der Waals surface area contributed by atoms with E-state index >= 15 is 0 Å². The molecule has 2 aromatic carbocycles. The van der Waals surface area contributed by atoms with Crippen molar-refractivity contribution in [3.8, 4) is 11.5 Å². The number of rotatable bonds is 5. The van der Waals surface area contributed by atoms with Crippen LogP contribution >= 0.6 is 0 Å². The molecule has 2 aliphatic rings. The van der Waals surface area contributed by atoms with E-state index in [1.165, 1.54) is 17.7 Å². The summed E-state index contributed by atoms with van der Waals surface area (Å²) in [4.78, 5) is 16.9. The van der Waals surface area contributed by atoms with Gasteiger partial charge in [-0.05, 0) is 41.3 Å². The lowest BCUT2D eigenvalue weighted by molar-refractivity contribution is -0.133. The summed E-state index contributed by atoms with van der Waals surface area (Å²) >= 11 is 0. The molecule has 6 heteroatoms. The fourth-order valence-corrected chi connectivity index (χ4v) is 3.75. The summed E-state index contributed by atoms with van der Waals surface area (Å²) in [7, 11) is 0. The zero-order valence-corrected chi connectivity index (χ0v) is 16.1. The summed E-state index contributed by atoms with van der Waals surface area (Å²) in [5.41, 5.74) is 2.19. The molecule has 2 aliphatic heterocycles. The van der Waals surface area contributed by atoms with Gasteiger partial charge >= 0.3 is 0 Å². The van der Waals surface area contributed by atoms with E-state index in [4.69, 9.17) is 9.47 Å². The van der Waals surface area contributed by atoms with Gasteiger partial charge in [0, 0.05) is 39.1 Å². The smallest absolute Gasteiger partial charge is 0.231 e. The molecule has 2 heterocycles. The molecule has 5 nitrogen and oxygen atoms in total. The lowest BCUT2D eigenvalue weighted by atomic mass is 9.97. The van der Waals surface area contributed by atoms with Crippen molar-refractivity contribution in [3.63, 3.8) is 0 Å². The van der Waals surface area contributed by atoms with Gasteiger partial charge in [0.05, 0.1) is 0 Å². The molecule has 0 bridgehead atoms. The number of halogens is 1. The Morgan fingerprint density at radius 1 is 1.04 bits per heavy atom. The Morgan fingerprint density at radius 2 is 1.75 bits per heavy atom. The molecule has 0 saturated carbocycles. The molecule has 1 atom stereocenters. The van der Waals surface area contributed by atoms with E-state index in [0.29, 0.717) is 6.42 Å². The van der Waals surface area contributed by atoms with Crippen molar-refractivity contribution < 1.29 is 18.7 Å². The summed E-state index contributed by atoms with van der Waals surface area (Å²) in [6, 6.07) is 12.5. The minimum Gasteiger partial charge on any atom is -0.454 e. The maximum atomic E-state index is 13.1. The molecular weight excluding hydrogens is 359 g/mol. The van der Waals surface area contributed by atoms with Crippen LogP contribution in [0.25, 0.3) is 0 Å². The molecule has 1 saturated heterocycles. The van der Waals surface area contributed by atoms with E-state index in [0.717, 1.165) is 49.8 Å². The fourth-order valence-electron chi connectivity index (χ4n) is 3.75. The van der Waals surface area contributed by atoms with Crippen LogP contribution in [0.5, 0.6) is 11.5 Å². The Morgan fingerprint density at radius 3 is 2.50 bits per heavy atom. The zero-order valence-electron chi connectivity index (χ0n) is 16.1. The van der Waals surface area contributed by atoms with Gasteiger partial charge in [-0.3, -0.25) is 9.69 Å². The second-order valence-electron chi connectivity index (χ2n) is 7.50. The summed E-state index contributed by atoms with van der Waals surface area (Å²) in [5, 5.41) is 0. The predicted octanol–water partition coefficient (Wildman–Crippen LogP) is 3.39. The van der Waals surface area contributed by atoms with E-state index in [-0.39, 0.29) is 24.4 Å². The summed E-state index contributed by atoms with van der Waals surface area (Å²) in [6.45, 7) is 6.32. The third-order valence-corrected chi connectivity index (χ3v) is 5.49. The van der Waals surface area contributed by atoms with E-state index in [1.807, 2.05) is 24.0 Å². The monoisotopic (exact) mass is 384 g/mol. The maximum Gasteiger partial charge on any atom is 0.231 e. The molecule has 0 N–H and O–H groups in total. The number of ether oxygens (including phenoxy) is 2. The minimum atomic E-state index is -0.249. The van der Waals surface area contributed by atoms with Gasteiger partial charge in [0.15, 0.2) is 11.5 Å². The first-order chi connectivity index (χ1) is 13.6. The highest BCUT2D eigenvalue weighted by atomic mass is 19.1. The van der Waals surface area contributed by atoms with Gasteiger partial charge in [-0.1, -0.05) is 25.1 Å². The molecule has 28 heavy (non-hydrogen) atoms. The average Bonchev–Trinajstić information content (AvgIpc) is 3.17. The molecule has 0 radical (unpaired) electrons. The van der Waals surface area contributed by atoms with Crippen LogP contribution in [0.3, 0.4) is 0 Å². The second kappa shape index (κ2) is 8.19. The Bertz CT molecular complexity index is 832. The van der Waals surface area contributed by atoms with Crippen LogP contribution in [0.2, 0.25) is 0 Å². The van der Waals surface area contributed by atoms with Crippen LogP contribution in [-0.4, -0.2) is 48.7 Å². The van der Waals surface area contributed by atoms with Crippen molar-refractivity contribution in [3.05, 3.63) is 59.4 Å².